The number of hydrogen-bond acceptors (Lipinski definition) is 3. The van der Waals surface area contributed by atoms with E-state index in [1.807, 2.05) is 32.9 Å². The van der Waals surface area contributed by atoms with Gasteiger partial charge in [0, 0.05) is 0 Å². The van der Waals surface area contributed by atoms with E-state index in [9.17, 15) is 0 Å². The average Bonchev–Trinajstić information content (AvgIpc) is 2.75. The predicted octanol–water partition coefficient (Wildman–Crippen LogP) is 3.96. The highest BCUT2D eigenvalue weighted by molar-refractivity contribution is 5.08. The van der Waals surface area contributed by atoms with Crippen LogP contribution in [0.1, 0.15) is 57.6 Å². The molecule has 0 aromatic carbocycles. The topological polar surface area (TPSA) is 49.0 Å². The Morgan fingerprint density at radius 3 is 2.67 bits per heavy atom. The fraction of sp³-hybridized carbons (Fsp3) is 0.667. The van der Waals surface area contributed by atoms with Crippen molar-refractivity contribution in [3.8, 4) is 6.07 Å². The summed E-state index contributed by atoms with van der Waals surface area (Å²) in [5.74, 6) is 1.94. The van der Waals surface area contributed by atoms with E-state index in [4.69, 9.17) is 9.68 Å². The van der Waals surface area contributed by atoms with Crippen LogP contribution in [0.25, 0.3) is 0 Å². The predicted molar refractivity (Wildman–Crippen MR) is 73.1 cm³/mol. The molecule has 1 heterocycles. The molecule has 3 nitrogen and oxygen atoms in total. The molecule has 1 rings (SSSR count). The molecular formula is C15H24N2O. The molecule has 1 unspecified atom stereocenters. The maximum atomic E-state index is 8.91. The first kappa shape index (κ1) is 14.8. The molecule has 0 saturated carbocycles. The fourth-order valence-electron chi connectivity index (χ4n) is 1.85. The number of nitrogens with zero attached hydrogens (tertiary/aromatic N) is 1. The van der Waals surface area contributed by atoms with Gasteiger partial charge in [-0.3, -0.25) is 0 Å². The number of furan rings is 1. The van der Waals surface area contributed by atoms with Gasteiger partial charge in [0.25, 0.3) is 0 Å². The zero-order valence-corrected chi connectivity index (χ0v) is 11.9. The Morgan fingerprint density at radius 1 is 1.39 bits per heavy atom. The van der Waals surface area contributed by atoms with Crippen molar-refractivity contribution in [2.24, 2.45) is 5.41 Å². The molecule has 0 bridgehead atoms. The van der Waals surface area contributed by atoms with E-state index < -0.39 is 0 Å². The van der Waals surface area contributed by atoms with Crippen molar-refractivity contribution in [2.45, 2.75) is 53.0 Å². The quantitative estimate of drug-likeness (QED) is 0.743. The highest BCUT2D eigenvalue weighted by atomic mass is 16.3. The SMILES string of the molecule is Cc1ccc(C(C)NCCCCC(C)(C)C#N)o1. The number of rotatable bonds is 7. The van der Waals surface area contributed by atoms with Crippen LogP contribution in [0.3, 0.4) is 0 Å². The minimum absolute atomic E-state index is 0.191. The average molecular weight is 248 g/mol. The summed E-state index contributed by atoms with van der Waals surface area (Å²) in [6, 6.07) is 6.60. The molecule has 1 aromatic rings. The molecule has 0 fully saturated rings. The summed E-state index contributed by atoms with van der Waals surface area (Å²) < 4.78 is 5.57. The van der Waals surface area contributed by atoms with Gasteiger partial charge in [0.1, 0.15) is 11.5 Å². The van der Waals surface area contributed by atoms with Crippen molar-refractivity contribution in [3.63, 3.8) is 0 Å². The summed E-state index contributed by atoms with van der Waals surface area (Å²) in [6.45, 7) is 9.02. The third kappa shape index (κ3) is 4.93. The second-order valence-electron chi connectivity index (χ2n) is 5.58. The van der Waals surface area contributed by atoms with Gasteiger partial charge in [0.15, 0.2) is 0 Å². The summed E-state index contributed by atoms with van der Waals surface area (Å²) in [4.78, 5) is 0. The summed E-state index contributed by atoms with van der Waals surface area (Å²) >= 11 is 0. The number of unbranched alkanes of at least 4 members (excludes halogenated alkanes) is 1. The molecule has 0 aliphatic rings. The molecule has 18 heavy (non-hydrogen) atoms. The molecule has 0 radical (unpaired) electrons. The molecule has 100 valence electrons. The van der Waals surface area contributed by atoms with Gasteiger partial charge in [-0.05, 0) is 59.2 Å². The van der Waals surface area contributed by atoms with Crippen LogP contribution < -0.4 is 5.32 Å². The zero-order valence-electron chi connectivity index (χ0n) is 11.9. The first-order chi connectivity index (χ1) is 8.44. The Kier molecular flexibility index (Phi) is 5.43. The second-order valence-corrected chi connectivity index (χ2v) is 5.58. The van der Waals surface area contributed by atoms with Crippen LogP contribution >= 0.6 is 0 Å². The maximum Gasteiger partial charge on any atom is 0.120 e. The van der Waals surface area contributed by atoms with Crippen LogP contribution in [-0.4, -0.2) is 6.54 Å². The summed E-state index contributed by atoms with van der Waals surface area (Å²) in [5, 5.41) is 12.4. The first-order valence-corrected chi connectivity index (χ1v) is 6.65. The minimum atomic E-state index is -0.191. The lowest BCUT2D eigenvalue weighted by Crippen LogP contribution is -2.20. The van der Waals surface area contributed by atoms with Crippen LogP contribution in [-0.2, 0) is 0 Å². The Balaban J connectivity index is 2.17. The van der Waals surface area contributed by atoms with Gasteiger partial charge in [-0.2, -0.15) is 5.26 Å². The number of aryl methyl sites for hydroxylation is 1. The normalized spacial score (nSPS) is 13.3. The molecule has 1 atom stereocenters. The Morgan fingerprint density at radius 2 is 2.11 bits per heavy atom. The second kappa shape index (κ2) is 6.61. The highest BCUT2D eigenvalue weighted by Gasteiger charge is 2.15. The van der Waals surface area contributed by atoms with Crippen LogP contribution in [0.2, 0.25) is 0 Å². The van der Waals surface area contributed by atoms with Crippen molar-refractivity contribution in [1.82, 2.24) is 5.32 Å². The Hall–Kier alpha value is -1.27. The standard InChI is InChI=1S/C15H24N2O/c1-12-7-8-14(18-12)13(2)17-10-6-5-9-15(3,4)11-16/h7-8,13,17H,5-6,9-10H2,1-4H3. The van der Waals surface area contributed by atoms with Gasteiger partial charge < -0.3 is 9.73 Å². The molecule has 0 spiro atoms. The largest absolute Gasteiger partial charge is 0.465 e. The van der Waals surface area contributed by atoms with Gasteiger partial charge >= 0.3 is 0 Å². The highest BCUT2D eigenvalue weighted by Crippen LogP contribution is 2.21. The van der Waals surface area contributed by atoms with Crippen molar-refractivity contribution in [1.29, 1.82) is 5.26 Å². The zero-order chi connectivity index (χ0) is 13.6. The molecular weight excluding hydrogens is 224 g/mol. The van der Waals surface area contributed by atoms with E-state index in [1.54, 1.807) is 0 Å². The summed E-state index contributed by atoms with van der Waals surface area (Å²) in [5.41, 5.74) is -0.191. The van der Waals surface area contributed by atoms with Crippen molar-refractivity contribution >= 4 is 0 Å². The lowest BCUT2D eigenvalue weighted by atomic mass is 9.89. The molecule has 0 amide bonds. The van der Waals surface area contributed by atoms with Gasteiger partial charge in [0.2, 0.25) is 0 Å². The van der Waals surface area contributed by atoms with E-state index in [0.717, 1.165) is 37.3 Å². The minimum Gasteiger partial charge on any atom is -0.465 e. The van der Waals surface area contributed by atoms with E-state index in [1.165, 1.54) is 0 Å². The molecule has 0 aliphatic carbocycles. The van der Waals surface area contributed by atoms with E-state index in [-0.39, 0.29) is 11.5 Å². The third-order valence-corrected chi connectivity index (χ3v) is 3.17. The van der Waals surface area contributed by atoms with Crippen LogP contribution in [0.5, 0.6) is 0 Å². The molecule has 0 saturated heterocycles. The fourth-order valence-corrected chi connectivity index (χ4v) is 1.85. The smallest absolute Gasteiger partial charge is 0.120 e. The number of hydrogen-bond donors (Lipinski definition) is 1. The van der Waals surface area contributed by atoms with Gasteiger partial charge in [0.05, 0.1) is 17.5 Å². The van der Waals surface area contributed by atoms with Gasteiger partial charge in [-0.15, -0.1) is 0 Å². The summed E-state index contributed by atoms with van der Waals surface area (Å²) in [7, 11) is 0. The van der Waals surface area contributed by atoms with E-state index in [0.29, 0.717) is 0 Å². The van der Waals surface area contributed by atoms with Crippen LogP contribution in [0, 0.1) is 23.7 Å². The first-order valence-electron chi connectivity index (χ1n) is 6.65. The molecule has 1 aromatic heterocycles. The molecule has 3 heteroatoms. The van der Waals surface area contributed by atoms with E-state index >= 15 is 0 Å². The molecule has 0 aliphatic heterocycles. The number of nitriles is 1. The monoisotopic (exact) mass is 248 g/mol. The van der Waals surface area contributed by atoms with Crippen LogP contribution in [0.4, 0.5) is 0 Å². The maximum absolute atomic E-state index is 8.91. The van der Waals surface area contributed by atoms with E-state index in [2.05, 4.69) is 18.3 Å². The van der Waals surface area contributed by atoms with Gasteiger partial charge in [-0.25, -0.2) is 0 Å². The van der Waals surface area contributed by atoms with Gasteiger partial charge in [-0.1, -0.05) is 6.42 Å². The van der Waals surface area contributed by atoms with Crippen LogP contribution in [0.15, 0.2) is 16.5 Å². The Bertz CT molecular complexity index is 401. The molecule has 1 N–H and O–H groups in total. The number of nitrogens with one attached hydrogen (secondary N) is 1. The van der Waals surface area contributed by atoms with Crippen molar-refractivity contribution < 1.29 is 4.42 Å². The summed E-state index contributed by atoms with van der Waals surface area (Å²) in [6.07, 6.45) is 3.13. The lowest BCUT2D eigenvalue weighted by Gasteiger charge is -2.15. The van der Waals surface area contributed by atoms with Crippen molar-refractivity contribution in [3.05, 3.63) is 23.7 Å². The van der Waals surface area contributed by atoms with Crippen molar-refractivity contribution in [2.75, 3.05) is 6.54 Å². The third-order valence-electron chi connectivity index (χ3n) is 3.17. The Labute approximate surface area is 110 Å². The lowest BCUT2D eigenvalue weighted by molar-refractivity contribution is 0.395.